The van der Waals surface area contributed by atoms with E-state index < -0.39 is 5.60 Å². The van der Waals surface area contributed by atoms with E-state index in [4.69, 9.17) is 4.74 Å². The van der Waals surface area contributed by atoms with E-state index in [9.17, 15) is 14.4 Å². The fourth-order valence-corrected chi connectivity index (χ4v) is 8.02. The lowest BCUT2D eigenvalue weighted by Gasteiger charge is -2.56. The van der Waals surface area contributed by atoms with Crippen molar-refractivity contribution in [2.24, 2.45) is 23.2 Å². The monoisotopic (exact) mass is 488 g/mol. The van der Waals surface area contributed by atoms with Crippen LogP contribution >= 0.6 is 11.3 Å². The number of thiazole rings is 1. The van der Waals surface area contributed by atoms with Gasteiger partial charge in [-0.05, 0) is 82.5 Å². The molecule has 8 nitrogen and oxygen atoms in total. The lowest BCUT2D eigenvalue weighted by molar-refractivity contribution is -0.131. The number of carbonyl (C=O) groups is 3. The maximum Gasteiger partial charge on any atom is 0.410 e. The van der Waals surface area contributed by atoms with Gasteiger partial charge in [0.25, 0.3) is 0 Å². The summed E-state index contributed by atoms with van der Waals surface area (Å²) in [5, 5.41) is 6.17. The highest BCUT2D eigenvalue weighted by Gasteiger charge is 2.51. The van der Waals surface area contributed by atoms with E-state index in [0.29, 0.717) is 31.1 Å². The van der Waals surface area contributed by atoms with Crippen LogP contribution in [0.1, 0.15) is 76.3 Å². The van der Waals surface area contributed by atoms with Crippen molar-refractivity contribution < 1.29 is 19.1 Å². The van der Waals surface area contributed by atoms with Crippen molar-refractivity contribution in [3.05, 3.63) is 10.6 Å². The molecule has 0 spiro atoms. The summed E-state index contributed by atoms with van der Waals surface area (Å²) in [6, 6.07) is 0. The second kappa shape index (κ2) is 8.81. The molecule has 6 rings (SSSR count). The zero-order valence-corrected chi connectivity index (χ0v) is 21.3. The molecule has 9 heteroatoms. The number of nitrogens with zero attached hydrogens (tertiary/aromatic N) is 2. The molecule has 0 atom stereocenters. The van der Waals surface area contributed by atoms with Crippen molar-refractivity contribution in [1.29, 1.82) is 0 Å². The Hall–Kier alpha value is -2.16. The van der Waals surface area contributed by atoms with Gasteiger partial charge in [0.15, 0.2) is 5.13 Å². The summed E-state index contributed by atoms with van der Waals surface area (Å²) in [4.78, 5) is 44.7. The molecule has 4 aliphatic carbocycles. The van der Waals surface area contributed by atoms with Crippen LogP contribution in [0.4, 0.5) is 9.93 Å². The summed E-state index contributed by atoms with van der Waals surface area (Å²) in [6.07, 6.45) is 8.47. The standard InChI is InChI=1S/C25H36N4O4S/c1-24(2,3)33-23(32)29-5-4-18-19(14-29)34-22(27-18)28-21(31)13-26-20(30)12-25-9-15-6-16(10-25)8-17(7-15)11-25/h15-17H,4-14H2,1-3H3,(H,26,30)(H,27,28,31). The van der Waals surface area contributed by atoms with Crippen LogP contribution in [0, 0.1) is 23.2 Å². The van der Waals surface area contributed by atoms with Gasteiger partial charge in [-0.3, -0.25) is 9.59 Å². The number of fused-ring (bicyclic) bond motifs is 1. The molecule has 1 aromatic rings. The normalized spacial score (nSPS) is 29.5. The molecule has 2 heterocycles. The Balaban J connectivity index is 1.09. The largest absolute Gasteiger partial charge is 0.444 e. The molecule has 3 amide bonds. The zero-order valence-electron chi connectivity index (χ0n) is 20.4. The van der Waals surface area contributed by atoms with Crippen molar-refractivity contribution in [2.75, 3.05) is 18.4 Å². The third-order valence-corrected chi connectivity index (χ3v) is 8.77. The number of rotatable bonds is 5. The molecule has 0 radical (unpaired) electrons. The van der Waals surface area contributed by atoms with Crippen molar-refractivity contribution in [3.8, 4) is 0 Å². The van der Waals surface area contributed by atoms with E-state index >= 15 is 0 Å². The maximum absolute atomic E-state index is 12.7. The Morgan fingerprint density at radius 2 is 1.74 bits per heavy atom. The van der Waals surface area contributed by atoms with E-state index in [0.717, 1.165) is 28.3 Å². The second-order valence-corrected chi connectivity index (χ2v) is 13.0. The molecule has 2 N–H and O–H groups in total. The SMILES string of the molecule is CC(C)(C)OC(=O)N1CCc2nc(NC(=O)CNC(=O)CC34CC5CC(CC(C5)C3)C4)sc2C1. The minimum absolute atomic E-state index is 0.0106. The third kappa shape index (κ3) is 5.24. The summed E-state index contributed by atoms with van der Waals surface area (Å²) in [6.45, 7) is 6.48. The number of amides is 3. The molecule has 0 aromatic carbocycles. The fraction of sp³-hybridized carbons (Fsp3) is 0.760. The number of hydrogen-bond acceptors (Lipinski definition) is 6. The molecular weight excluding hydrogens is 452 g/mol. The lowest BCUT2D eigenvalue weighted by Crippen LogP contribution is -2.48. The minimum Gasteiger partial charge on any atom is -0.444 e. The minimum atomic E-state index is -0.537. The predicted octanol–water partition coefficient (Wildman–Crippen LogP) is 4.10. The van der Waals surface area contributed by atoms with Gasteiger partial charge in [0.1, 0.15) is 5.60 Å². The highest BCUT2D eigenvalue weighted by Crippen LogP contribution is 2.61. The van der Waals surface area contributed by atoms with Crippen LogP contribution in [0.2, 0.25) is 0 Å². The smallest absolute Gasteiger partial charge is 0.410 e. The van der Waals surface area contributed by atoms with Crippen LogP contribution in [-0.2, 0) is 27.3 Å². The van der Waals surface area contributed by atoms with E-state index in [1.54, 1.807) is 4.90 Å². The number of carbonyl (C=O) groups excluding carboxylic acids is 3. The fourth-order valence-electron chi connectivity index (χ4n) is 6.98. The number of aromatic nitrogens is 1. The highest BCUT2D eigenvalue weighted by molar-refractivity contribution is 7.15. The summed E-state index contributed by atoms with van der Waals surface area (Å²) in [5.41, 5.74) is 0.541. The molecule has 4 fully saturated rings. The highest BCUT2D eigenvalue weighted by atomic mass is 32.1. The Kier molecular flexibility index (Phi) is 6.11. The molecular formula is C25H36N4O4S. The Morgan fingerprint density at radius 3 is 2.35 bits per heavy atom. The molecule has 1 aliphatic heterocycles. The zero-order chi connectivity index (χ0) is 24.1. The summed E-state index contributed by atoms with van der Waals surface area (Å²) < 4.78 is 5.47. The molecule has 4 bridgehead atoms. The van der Waals surface area contributed by atoms with Crippen molar-refractivity contribution in [1.82, 2.24) is 15.2 Å². The first-order valence-corrected chi connectivity index (χ1v) is 13.4. The van der Waals surface area contributed by atoms with Crippen molar-refractivity contribution >= 4 is 34.4 Å². The average Bonchev–Trinajstić information content (AvgIpc) is 3.11. The third-order valence-electron chi connectivity index (χ3n) is 7.78. The molecule has 0 unspecified atom stereocenters. The van der Waals surface area contributed by atoms with Gasteiger partial charge < -0.3 is 20.3 Å². The molecule has 4 saturated carbocycles. The maximum atomic E-state index is 12.7. The first kappa shape index (κ1) is 23.6. The molecule has 34 heavy (non-hydrogen) atoms. The van der Waals surface area contributed by atoms with E-state index in [-0.39, 0.29) is 29.9 Å². The van der Waals surface area contributed by atoms with Gasteiger partial charge >= 0.3 is 6.09 Å². The van der Waals surface area contributed by atoms with Gasteiger partial charge in [0, 0.05) is 24.3 Å². The predicted molar refractivity (Wildman–Crippen MR) is 129 cm³/mol. The molecule has 186 valence electrons. The topological polar surface area (TPSA) is 101 Å². The first-order valence-electron chi connectivity index (χ1n) is 12.6. The summed E-state index contributed by atoms with van der Waals surface area (Å²) in [7, 11) is 0. The van der Waals surface area contributed by atoms with Crippen LogP contribution in [0.25, 0.3) is 0 Å². The van der Waals surface area contributed by atoms with Gasteiger partial charge in [-0.25, -0.2) is 9.78 Å². The van der Waals surface area contributed by atoms with Crippen LogP contribution < -0.4 is 10.6 Å². The number of nitrogens with one attached hydrogen (secondary N) is 2. The first-order chi connectivity index (χ1) is 16.1. The lowest BCUT2D eigenvalue weighted by atomic mass is 9.49. The Bertz CT molecular complexity index is 947. The number of anilines is 1. The quantitative estimate of drug-likeness (QED) is 0.650. The summed E-state index contributed by atoms with van der Waals surface area (Å²) in [5.74, 6) is 2.15. The average molecular weight is 489 g/mol. The van der Waals surface area contributed by atoms with E-state index in [1.807, 2.05) is 20.8 Å². The van der Waals surface area contributed by atoms with Crippen molar-refractivity contribution in [2.45, 2.75) is 84.3 Å². The van der Waals surface area contributed by atoms with E-state index in [2.05, 4.69) is 15.6 Å². The number of ether oxygens (including phenoxy) is 1. The second-order valence-electron chi connectivity index (χ2n) is 12.0. The summed E-state index contributed by atoms with van der Waals surface area (Å²) >= 11 is 1.38. The van der Waals surface area contributed by atoms with Gasteiger partial charge in [-0.2, -0.15) is 0 Å². The Labute approximate surface area is 205 Å². The molecule has 1 aromatic heterocycles. The van der Waals surface area contributed by atoms with Crippen LogP contribution in [-0.4, -0.2) is 46.5 Å². The van der Waals surface area contributed by atoms with E-state index in [1.165, 1.54) is 49.9 Å². The van der Waals surface area contributed by atoms with Crippen LogP contribution in [0.15, 0.2) is 0 Å². The van der Waals surface area contributed by atoms with Crippen LogP contribution in [0.3, 0.4) is 0 Å². The van der Waals surface area contributed by atoms with Gasteiger partial charge in [0.05, 0.1) is 18.8 Å². The number of hydrogen-bond donors (Lipinski definition) is 2. The Morgan fingerprint density at radius 1 is 1.09 bits per heavy atom. The molecule has 5 aliphatic rings. The van der Waals surface area contributed by atoms with Gasteiger partial charge in [-0.15, -0.1) is 0 Å². The van der Waals surface area contributed by atoms with Crippen LogP contribution in [0.5, 0.6) is 0 Å². The van der Waals surface area contributed by atoms with Crippen molar-refractivity contribution in [3.63, 3.8) is 0 Å². The van der Waals surface area contributed by atoms with Gasteiger partial charge in [-0.1, -0.05) is 11.3 Å². The molecule has 0 saturated heterocycles. The van der Waals surface area contributed by atoms with Gasteiger partial charge in [0.2, 0.25) is 11.8 Å².